The summed E-state index contributed by atoms with van der Waals surface area (Å²) in [7, 11) is 1.35. The van der Waals surface area contributed by atoms with Gasteiger partial charge in [-0.15, -0.1) is 0 Å². The molecule has 1 aromatic carbocycles. The largest absolute Gasteiger partial charge is 0.466 e. The molecule has 0 spiro atoms. The van der Waals surface area contributed by atoms with Crippen molar-refractivity contribution in [2.24, 2.45) is 5.92 Å². The predicted octanol–water partition coefficient (Wildman–Crippen LogP) is 2.57. The summed E-state index contributed by atoms with van der Waals surface area (Å²) in [5.74, 6) is 0.383. The van der Waals surface area contributed by atoms with Gasteiger partial charge in [-0.2, -0.15) is 0 Å². The molecule has 1 fully saturated rings. The van der Waals surface area contributed by atoms with Crippen molar-refractivity contribution >= 4 is 11.9 Å². The number of carbonyl (C=O) groups is 2. The fourth-order valence-corrected chi connectivity index (χ4v) is 3.33. The first-order valence-corrected chi connectivity index (χ1v) is 9.40. The van der Waals surface area contributed by atoms with Crippen molar-refractivity contribution in [3.05, 3.63) is 48.0 Å². The molecule has 2 rings (SSSR count). The Bertz CT molecular complexity index is 593. The Morgan fingerprint density at radius 1 is 1.27 bits per heavy atom. The number of rotatable bonds is 8. The Balaban J connectivity index is 1.67. The maximum atomic E-state index is 12.3. The van der Waals surface area contributed by atoms with Gasteiger partial charge < -0.3 is 10.1 Å². The quantitative estimate of drug-likeness (QED) is 0.441. The highest BCUT2D eigenvalue weighted by molar-refractivity contribution is 5.82. The number of hydrogen-bond acceptors (Lipinski definition) is 4. The number of piperidine rings is 1. The molecule has 1 aromatic rings. The van der Waals surface area contributed by atoms with Gasteiger partial charge >= 0.3 is 5.97 Å². The fraction of sp³-hybridized carbons (Fsp3) is 0.524. The number of amides is 1. The van der Waals surface area contributed by atoms with Gasteiger partial charge in [-0.3, -0.25) is 9.69 Å². The van der Waals surface area contributed by atoms with Crippen LogP contribution in [0.3, 0.4) is 0 Å². The van der Waals surface area contributed by atoms with E-state index in [0.29, 0.717) is 18.9 Å². The highest BCUT2D eigenvalue weighted by Gasteiger charge is 2.26. The average Bonchev–Trinajstić information content (AvgIpc) is 2.68. The summed E-state index contributed by atoms with van der Waals surface area (Å²) in [6.45, 7) is 4.43. The number of ether oxygens (including phenoxy) is 1. The second kappa shape index (κ2) is 10.8. The van der Waals surface area contributed by atoms with E-state index in [9.17, 15) is 9.59 Å². The molecule has 142 valence electrons. The van der Waals surface area contributed by atoms with Crippen LogP contribution in [0.5, 0.6) is 0 Å². The van der Waals surface area contributed by atoms with Gasteiger partial charge in [0, 0.05) is 12.6 Å². The number of benzene rings is 1. The van der Waals surface area contributed by atoms with Crippen LogP contribution in [-0.2, 0) is 20.7 Å². The Morgan fingerprint density at radius 3 is 2.62 bits per heavy atom. The lowest BCUT2D eigenvalue weighted by Crippen LogP contribution is -2.48. The SMILES string of the molecule is COC(=O)/C=C/CCNC(=O)C(C)N1CCC(Cc2ccccc2)CC1. The molecule has 1 unspecified atom stereocenters. The van der Waals surface area contributed by atoms with E-state index in [1.807, 2.05) is 6.92 Å². The van der Waals surface area contributed by atoms with E-state index in [-0.39, 0.29) is 17.9 Å². The molecular weight excluding hydrogens is 328 g/mol. The lowest BCUT2D eigenvalue weighted by Gasteiger charge is -2.35. The smallest absolute Gasteiger partial charge is 0.330 e. The van der Waals surface area contributed by atoms with E-state index in [4.69, 9.17) is 0 Å². The molecule has 1 aliphatic heterocycles. The molecular formula is C21H30N2O3. The number of carbonyl (C=O) groups excluding carboxylic acids is 2. The normalized spacial score (nSPS) is 17.2. The second-order valence-electron chi connectivity index (χ2n) is 6.85. The van der Waals surface area contributed by atoms with Crippen LogP contribution in [0.25, 0.3) is 0 Å². The minimum absolute atomic E-state index is 0.0537. The summed E-state index contributed by atoms with van der Waals surface area (Å²) in [6, 6.07) is 10.5. The lowest BCUT2D eigenvalue weighted by molar-refractivity contribution is -0.134. The molecule has 0 aromatic heterocycles. The van der Waals surface area contributed by atoms with Crippen LogP contribution in [0.2, 0.25) is 0 Å². The van der Waals surface area contributed by atoms with Gasteiger partial charge in [0.1, 0.15) is 0 Å². The summed E-state index contributed by atoms with van der Waals surface area (Å²) < 4.78 is 4.52. The molecule has 5 nitrogen and oxygen atoms in total. The highest BCUT2D eigenvalue weighted by atomic mass is 16.5. The van der Waals surface area contributed by atoms with Crippen LogP contribution < -0.4 is 5.32 Å². The van der Waals surface area contributed by atoms with Crippen molar-refractivity contribution in [3.8, 4) is 0 Å². The van der Waals surface area contributed by atoms with Crippen LogP contribution >= 0.6 is 0 Å². The third-order valence-corrected chi connectivity index (χ3v) is 5.01. The summed E-state index contributed by atoms with van der Waals surface area (Å²) >= 11 is 0. The monoisotopic (exact) mass is 358 g/mol. The molecule has 26 heavy (non-hydrogen) atoms. The van der Waals surface area contributed by atoms with Crippen LogP contribution in [0.1, 0.15) is 31.7 Å². The molecule has 1 N–H and O–H groups in total. The number of methoxy groups -OCH3 is 1. The Hall–Kier alpha value is -2.14. The molecule has 1 aliphatic rings. The molecule has 0 saturated carbocycles. The van der Waals surface area contributed by atoms with E-state index in [0.717, 1.165) is 32.4 Å². The summed E-state index contributed by atoms with van der Waals surface area (Å²) in [5, 5.41) is 2.94. The molecule has 1 amide bonds. The molecule has 1 saturated heterocycles. The van der Waals surface area contributed by atoms with E-state index < -0.39 is 0 Å². The number of hydrogen-bond donors (Lipinski definition) is 1. The summed E-state index contributed by atoms with van der Waals surface area (Å²) in [6.07, 6.45) is 7.11. The van der Waals surface area contributed by atoms with Crippen molar-refractivity contribution in [3.63, 3.8) is 0 Å². The second-order valence-corrected chi connectivity index (χ2v) is 6.85. The van der Waals surface area contributed by atoms with Gasteiger partial charge in [0.25, 0.3) is 0 Å². The lowest BCUT2D eigenvalue weighted by atomic mass is 9.89. The topological polar surface area (TPSA) is 58.6 Å². The predicted molar refractivity (Wildman–Crippen MR) is 103 cm³/mol. The number of esters is 1. The van der Waals surface area contributed by atoms with E-state index in [2.05, 4.69) is 45.3 Å². The number of nitrogens with zero attached hydrogens (tertiary/aromatic N) is 1. The third-order valence-electron chi connectivity index (χ3n) is 5.01. The number of likely N-dealkylation sites (tertiary alicyclic amines) is 1. The Kier molecular flexibility index (Phi) is 8.35. The van der Waals surface area contributed by atoms with Crippen molar-refractivity contribution in [2.45, 2.75) is 38.6 Å². The summed E-state index contributed by atoms with van der Waals surface area (Å²) in [4.78, 5) is 25.5. The third kappa shape index (κ3) is 6.64. The minimum Gasteiger partial charge on any atom is -0.466 e. The maximum absolute atomic E-state index is 12.3. The maximum Gasteiger partial charge on any atom is 0.330 e. The number of nitrogens with one attached hydrogen (secondary N) is 1. The van der Waals surface area contributed by atoms with Gasteiger partial charge in [-0.25, -0.2) is 4.79 Å². The zero-order valence-corrected chi connectivity index (χ0v) is 15.8. The Morgan fingerprint density at radius 2 is 1.96 bits per heavy atom. The fourth-order valence-electron chi connectivity index (χ4n) is 3.33. The first kappa shape index (κ1) is 20.2. The standard InChI is InChI=1S/C21H30N2O3/c1-17(21(25)22-13-7-6-10-20(24)26-2)23-14-11-19(12-15-23)16-18-8-4-3-5-9-18/h3-6,8-10,17,19H,7,11-16H2,1-2H3,(H,22,25)/b10-6+. The summed E-state index contributed by atoms with van der Waals surface area (Å²) in [5.41, 5.74) is 1.40. The van der Waals surface area contributed by atoms with E-state index in [1.165, 1.54) is 18.7 Å². The zero-order valence-electron chi connectivity index (χ0n) is 15.8. The van der Waals surface area contributed by atoms with Crippen LogP contribution in [-0.4, -0.2) is 49.6 Å². The minimum atomic E-state index is -0.372. The van der Waals surface area contributed by atoms with Gasteiger partial charge in [-0.05, 0) is 57.2 Å². The molecule has 1 heterocycles. The van der Waals surface area contributed by atoms with Gasteiger partial charge in [0.05, 0.1) is 13.2 Å². The van der Waals surface area contributed by atoms with Crippen LogP contribution in [0.15, 0.2) is 42.5 Å². The van der Waals surface area contributed by atoms with Crippen molar-refractivity contribution in [1.29, 1.82) is 0 Å². The van der Waals surface area contributed by atoms with Crippen molar-refractivity contribution in [2.75, 3.05) is 26.7 Å². The zero-order chi connectivity index (χ0) is 18.8. The van der Waals surface area contributed by atoms with E-state index >= 15 is 0 Å². The molecule has 0 aliphatic carbocycles. The van der Waals surface area contributed by atoms with Gasteiger partial charge in [-0.1, -0.05) is 36.4 Å². The van der Waals surface area contributed by atoms with Crippen LogP contribution in [0.4, 0.5) is 0 Å². The molecule has 0 bridgehead atoms. The average molecular weight is 358 g/mol. The molecule has 0 radical (unpaired) electrons. The molecule has 1 atom stereocenters. The van der Waals surface area contributed by atoms with Gasteiger partial charge in [0.2, 0.25) is 5.91 Å². The highest BCUT2D eigenvalue weighted by Crippen LogP contribution is 2.22. The first-order chi connectivity index (χ1) is 12.6. The van der Waals surface area contributed by atoms with Crippen molar-refractivity contribution < 1.29 is 14.3 Å². The van der Waals surface area contributed by atoms with Crippen molar-refractivity contribution in [1.82, 2.24) is 10.2 Å². The van der Waals surface area contributed by atoms with E-state index in [1.54, 1.807) is 6.08 Å². The Labute approximate surface area is 156 Å². The molecule has 5 heteroatoms. The van der Waals surface area contributed by atoms with Gasteiger partial charge in [0.15, 0.2) is 0 Å². The van der Waals surface area contributed by atoms with Crippen LogP contribution in [0, 0.1) is 5.92 Å². The first-order valence-electron chi connectivity index (χ1n) is 9.40.